The molecule has 0 aliphatic rings. The average Bonchev–Trinajstić information content (AvgIpc) is 2.74. The molecule has 0 spiro atoms. The third-order valence-electron chi connectivity index (χ3n) is 3.16. The molecule has 1 atom stereocenters. The van der Waals surface area contributed by atoms with Gasteiger partial charge >= 0.3 is 0 Å². The van der Waals surface area contributed by atoms with Gasteiger partial charge in [-0.3, -0.25) is 4.79 Å². The lowest BCUT2D eigenvalue weighted by Crippen LogP contribution is -2.39. The molecule has 0 aliphatic carbocycles. The van der Waals surface area contributed by atoms with Crippen LogP contribution in [0.15, 0.2) is 16.5 Å². The lowest BCUT2D eigenvalue weighted by Gasteiger charge is -2.23. The summed E-state index contributed by atoms with van der Waals surface area (Å²) in [5, 5.41) is 2.96. The molecule has 18 heavy (non-hydrogen) atoms. The van der Waals surface area contributed by atoms with Gasteiger partial charge < -0.3 is 15.5 Å². The molecule has 4 heteroatoms. The van der Waals surface area contributed by atoms with Gasteiger partial charge in [-0.2, -0.15) is 0 Å². The van der Waals surface area contributed by atoms with E-state index in [9.17, 15) is 4.79 Å². The van der Waals surface area contributed by atoms with Crippen LogP contribution >= 0.6 is 0 Å². The summed E-state index contributed by atoms with van der Waals surface area (Å²) >= 11 is 0. The molecule has 1 heterocycles. The monoisotopic (exact) mass is 252 g/mol. The van der Waals surface area contributed by atoms with Crippen LogP contribution in [0.3, 0.4) is 0 Å². The minimum absolute atomic E-state index is 0.0378. The lowest BCUT2D eigenvalue weighted by atomic mass is 9.90. The molecule has 0 radical (unpaired) electrons. The third kappa shape index (κ3) is 3.88. The molecule has 1 amide bonds. The van der Waals surface area contributed by atoms with Gasteiger partial charge in [0.2, 0.25) is 5.91 Å². The molecule has 0 bridgehead atoms. The van der Waals surface area contributed by atoms with E-state index in [-0.39, 0.29) is 17.2 Å². The smallest absolute Gasteiger partial charge is 0.222 e. The second kappa shape index (κ2) is 6.05. The topological polar surface area (TPSA) is 68.3 Å². The highest BCUT2D eigenvalue weighted by Gasteiger charge is 2.25. The fraction of sp³-hybridized carbons (Fsp3) is 0.643. The summed E-state index contributed by atoms with van der Waals surface area (Å²) in [5.41, 5.74) is 5.25. The maximum Gasteiger partial charge on any atom is 0.222 e. The summed E-state index contributed by atoms with van der Waals surface area (Å²) in [6.07, 6.45) is 0.714. The summed E-state index contributed by atoms with van der Waals surface area (Å²) in [6, 6.07) is 3.90. The maximum atomic E-state index is 11.8. The first kappa shape index (κ1) is 14.8. The van der Waals surface area contributed by atoms with E-state index in [1.54, 1.807) is 0 Å². The van der Waals surface area contributed by atoms with Crippen LogP contribution in [0, 0.1) is 12.8 Å². The van der Waals surface area contributed by atoms with Crippen LogP contribution in [0.1, 0.15) is 38.7 Å². The summed E-state index contributed by atoms with van der Waals surface area (Å²) in [5.74, 6) is 1.80. The Bertz CT molecular complexity index is 396. The zero-order chi connectivity index (χ0) is 13.8. The van der Waals surface area contributed by atoms with Gasteiger partial charge in [0, 0.05) is 17.9 Å². The van der Waals surface area contributed by atoms with Crippen LogP contribution in [0.25, 0.3) is 0 Å². The molecule has 102 valence electrons. The van der Waals surface area contributed by atoms with Gasteiger partial charge in [-0.25, -0.2) is 0 Å². The van der Waals surface area contributed by atoms with Gasteiger partial charge in [-0.05, 0) is 32.0 Å². The number of nitrogens with one attached hydrogen (secondary N) is 1. The van der Waals surface area contributed by atoms with Crippen molar-refractivity contribution in [3.63, 3.8) is 0 Å². The highest BCUT2D eigenvalue weighted by atomic mass is 16.3. The largest absolute Gasteiger partial charge is 0.466 e. The van der Waals surface area contributed by atoms with Gasteiger partial charge in [-0.15, -0.1) is 0 Å². The molecule has 0 aromatic carbocycles. The Morgan fingerprint density at radius 1 is 1.50 bits per heavy atom. The minimum atomic E-state index is -0.202. The fourth-order valence-electron chi connectivity index (χ4n) is 1.75. The molecule has 3 N–H and O–H groups in total. The quantitative estimate of drug-likeness (QED) is 0.813. The molecule has 1 aromatic rings. The Labute approximate surface area is 109 Å². The zero-order valence-corrected chi connectivity index (χ0v) is 11.7. The van der Waals surface area contributed by atoms with Crippen LogP contribution in [0.4, 0.5) is 0 Å². The van der Waals surface area contributed by atoms with Crippen molar-refractivity contribution in [1.29, 1.82) is 0 Å². The van der Waals surface area contributed by atoms with E-state index in [2.05, 4.69) is 19.2 Å². The highest BCUT2D eigenvalue weighted by Crippen LogP contribution is 2.24. The van der Waals surface area contributed by atoms with Gasteiger partial charge in [0.1, 0.15) is 11.5 Å². The molecule has 0 saturated carbocycles. The van der Waals surface area contributed by atoms with Crippen LogP contribution in [-0.4, -0.2) is 19.0 Å². The number of carbonyl (C=O) groups excluding carboxylic acids is 1. The fourth-order valence-corrected chi connectivity index (χ4v) is 1.75. The summed E-state index contributed by atoms with van der Waals surface area (Å²) in [7, 11) is 0. The molecule has 0 saturated heterocycles. The van der Waals surface area contributed by atoms with Crippen molar-refractivity contribution in [2.75, 3.05) is 13.1 Å². The van der Waals surface area contributed by atoms with E-state index in [0.717, 1.165) is 11.5 Å². The van der Waals surface area contributed by atoms with Gasteiger partial charge in [0.05, 0.1) is 0 Å². The number of carbonyl (C=O) groups is 1. The second-order valence-corrected chi connectivity index (χ2v) is 5.49. The molecule has 1 rings (SSSR count). The Morgan fingerprint density at radius 3 is 2.67 bits per heavy atom. The van der Waals surface area contributed by atoms with Gasteiger partial charge in [0.15, 0.2) is 0 Å². The first-order chi connectivity index (χ1) is 8.36. The van der Waals surface area contributed by atoms with Crippen LogP contribution in [0.2, 0.25) is 0 Å². The molecule has 4 nitrogen and oxygen atoms in total. The average molecular weight is 252 g/mol. The van der Waals surface area contributed by atoms with Crippen molar-refractivity contribution in [1.82, 2.24) is 5.32 Å². The Morgan fingerprint density at radius 2 is 2.17 bits per heavy atom. The van der Waals surface area contributed by atoms with E-state index in [1.807, 2.05) is 26.0 Å². The van der Waals surface area contributed by atoms with Crippen LogP contribution < -0.4 is 11.1 Å². The van der Waals surface area contributed by atoms with Crippen molar-refractivity contribution < 1.29 is 9.21 Å². The second-order valence-electron chi connectivity index (χ2n) is 5.49. The lowest BCUT2D eigenvalue weighted by molar-refractivity contribution is -0.124. The minimum Gasteiger partial charge on any atom is -0.466 e. The van der Waals surface area contributed by atoms with Gasteiger partial charge in [0.25, 0.3) is 0 Å². The number of furan rings is 1. The van der Waals surface area contributed by atoms with Crippen LogP contribution in [-0.2, 0) is 10.2 Å². The third-order valence-corrected chi connectivity index (χ3v) is 3.16. The van der Waals surface area contributed by atoms with Crippen LogP contribution in [0.5, 0.6) is 0 Å². The number of rotatable bonds is 6. The van der Waals surface area contributed by atoms with E-state index >= 15 is 0 Å². The summed E-state index contributed by atoms with van der Waals surface area (Å²) < 4.78 is 5.62. The first-order valence-electron chi connectivity index (χ1n) is 6.41. The van der Waals surface area contributed by atoms with E-state index in [1.165, 1.54) is 0 Å². The molecule has 0 aliphatic heterocycles. The SMILES string of the molecule is Cc1ccc(C(C)(C)CNC(=O)C(C)CCN)o1. The number of amides is 1. The molecular formula is C14H24N2O2. The van der Waals surface area contributed by atoms with Crippen molar-refractivity contribution in [2.24, 2.45) is 11.7 Å². The van der Waals surface area contributed by atoms with Gasteiger partial charge in [-0.1, -0.05) is 20.8 Å². The normalized spacial score (nSPS) is 13.4. The number of hydrogen-bond donors (Lipinski definition) is 2. The number of nitrogens with two attached hydrogens (primary N) is 1. The van der Waals surface area contributed by atoms with Crippen molar-refractivity contribution >= 4 is 5.91 Å². The number of hydrogen-bond acceptors (Lipinski definition) is 3. The Hall–Kier alpha value is -1.29. The first-order valence-corrected chi connectivity index (χ1v) is 6.41. The maximum absolute atomic E-state index is 11.8. The molecule has 1 unspecified atom stereocenters. The molecule has 1 aromatic heterocycles. The summed E-state index contributed by atoms with van der Waals surface area (Å²) in [6.45, 7) is 9.02. The predicted octanol–water partition coefficient (Wildman–Crippen LogP) is 1.97. The van der Waals surface area contributed by atoms with Crippen molar-refractivity contribution in [3.05, 3.63) is 23.7 Å². The molecular weight excluding hydrogens is 228 g/mol. The standard InChI is InChI=1S/C14H24N2O2/c1-10(7-8-15)13(17)16-9-14(3,4)12-6-5-11(2)18-12/h5-6,10H,7-9,15H2,1-4H3,(H,16,17). The Balaban J connectivity index is 2.54. The van der Waals surface area contributed by atoms with E-state index in [4.69, 9.17) is 10.2 Å². The molecule has 0 fully saturated rings. The Kier molecular flexibility index (Phi) is 4.96. The van der Waals surface area contributed by atoms with E-state index in [0.29, 0.717) is 19.5 Å². The van der Waals surface area contributed by atoms with E-state index < -0.39 is 0 Å². The highest BCUT2D eigenvalue weighted by molar-refractivity contribution is 5.78. The zero-order valence-electron chi connectivity index (χ0n) is 11.7. The van der Waals surface area contributed by atoms with Crippen molar-refractivity contribution in [3.8, 4) is 0 Å². The predicted molar refractivity (Wildman–Crippen MR) is 72.3 cm³/mol. The number of aryl methyl sites for hydroxylation is 1. The van der Waals surface area contributed by atoms with Crippen molar-refractivity contribution in [2.45, 2.75) is 39.5 Å². The summed E-state index contributed by atoms with van der Waals surface area (Å²) in [4.78, 5) is 11.8.